The van der Waals surface area contributed by atoms with Gasteiger partial charge in [-0.2, -0.15) is 0 Å². The first-order valence-corrected chi connectivity index (χ1v) is 7.06. The Kier molecular flexibility index (Phi) is 8.99. The van der Waals surface area contributed by atoms with Crippen molar-refractivity contribution in [1.82, 2.24) is 10.6 Å². The summed E-state index contributed by atoms with van der Waals surface area (Å²) in [6, 6.07) is 0.683. The first-order chi connectivity index (χ1) is 8.01. The number of rotatable bonds is 6. The van der Waals surface area contributed by atoms with Crippen LogP contribution in [0.2, 0.25) is 0 Å². The Labute approximate surface area is 130 Å². The Morgan fingerprint density at radius 2 is 1.89 bits per heavy atom. The van der Waals surface area contributed by atoms with E-state index in [0.717, 1.165) is 19.0 Å². The molecule has 3 nitrogen and oxygen atoms in total. The number of unbranched alkanes of at least 4 members (excludes halogenated alkanes) is 1. The molecule has 1 fully saturated rings. The van der Waals surface area contributed by atoms with Crippen LogP contribution in [0.25, 0.3) is 0 Å². The van der Waals surface area contributed by atoms with Gasteiger partial charge in [-0.05, 0) is 38.0 Å². The second-order valence-corrected chi connectivity index (χ2v) is 6.20. The largest absolute Gasteiger partial charge is 0.357 e. The summed E-state index contributed by atoms with van der Waals surface area (Å²) >= 11 is 0. The number of hydrogen-bond acceptors (Lipinski definition) is 1. The van der Waals surface area contributed by atoms with Crippen molar-refractivity contribution < 1.29 is 0 Å². The van der Waals surface area contributed by atoms with Gasteiger partial charge in [0.25, 0.3) is 0 Å². The predicted molar refractivity (Wildman–Crippen MR) is 90.9 cm³/mol. The lowest BCUT2D eigenvalue weighted by Crippen LogP contribution is -2.38. The second-order valence-electron chi connectivity index (χ2n) is 6.20. The molecule has 0 spiro atoms. The molecule has 2 N–H and O–H groups in total. The topological polar surface area (TPSA) is 36.4 Å². The fourth-order valence-electron chi connectivity index (χ4n) is 1.70. The molecule has 0 saturated heterocycles. The Bertz CT molecular complexity index is 242. The van der Waals surface area contributed by atoms with Crippen LogP contribution < -0.4 is 10.6 Å². The van der Waals surface area contributed by atoms with E-state index in [1.54, 1.807) is 0 Å². The van der Waals surface area contributed by atoms with Crippen molar-refractivity contribution in [1.29, 1.82) is 0 Å². The Hall–Kier alpha value is 0. The number of aliphatic imine (C=N–C) groups is 1. The van der Waals surface area contributed by atoms with E-state index in [4.69, 9.17) is 0 Å². The molecule has 108 valence electrons. The summed E-state index contributed by atoms with van der Waals surface area (Å²) in [7, 11) is 0. The molecule has 0 atom stereocenters. The lowest BCUT2D eigenvalue weighted by molar-refractivity contribution is 0.361. The molecule has 4 heteroatoms. The van der Waals surface area contributed by atoms with E-state index in [0.29, 0.717) is 11.5 Å². The van der Waals surface area contributed by atoms with Gasteiger partial charge < -0.3 is 10.6 Å². The normalized spacial score (nSPS) is 16.1. The first kappa shape index (κ1) is 18.0. The molecule has 0 aromatic carbocycles. The highest BCUT2D eigenvalue weighted by atomic mass is 127. The van der Waals surface area contributed by atoms with E-state index in [2.05, 4.69) is 43.3 Å². The summed E-state index contributed by atoms with van der Waals surface area (Å²) in [4.78, 5) is 4.61. The Morgan fingerprint density at radius 1 is 1.22 bits per heavy atom. The van der Waals surface area contributed by atoms with Crippen LogP contribution in [0.3, 0.4) is 0 Å². The number of halogens is 1. The highest BCUT2D eigenvalue weighted by molar-refractivity contribution is 14.0. The summed E-state index contributed by atoms with van der Waals surface area (Å²) in [6.45, 7) is 10.9. The van der Waals surface area contributed by atoms with Crippen molar-refractivity contribution in [3.8, 4) is 0 Å². The summed E-state index contributed by atoms with van der Waals surface area (Å²) in [6.07, 6.45) is 6.35. The van der Waals surface area contributed by atoms with E-state index in [1.807, 2.05) is 0 Å². The molecule has 0 radical (unpaired) electrons. The lowest BCUT2D eigenvalue weighted by Gasteiger charge is -2.17. The van der Waals surface area contributed by atoms with Crippen LogP contribution in [0.15, 0.2) is 4.99 Å². The SMILES string of the molecule is CCNC(=NCCCCC(C)(C)C)NC1CC1.I. The smallest absolute Gasteiger partial charge is 0.191 e. The van der Waals surface area contributed by atoms with Gasteiger partial charge in [0.2, 0.25) is 0 Å². The van der Waals surface area contributed by atoms with Crippen molar-refractivity contribution in [3.63, 3.8) is 0 Å². The Morgan fingerprint density at radius 3 is 2.39 bits per heavy atom. The van der Waals surface area contributed by atoms with Gasteiger partial charge in [0.1, 0.15) is 0 Å². The highest BCUT2D eigenvalue weighted by Crippen LogP contribution is 2.21. The molecule has 0 heterocycles. The maximum atomic E-state index is 4.61. The zero-order chi connectivity index (χ0) is 12.7. The molecule has 0 unspecified atom stereocenters. The van der Waals surface area contributed by atoms with Crippen molar-refractivity contribution >= 4 is 29.9 Å². The first-order valence-electron chi connectivity index (χ1n) is 7.06. The van der Waals surface area contributed by atoms with Crippen LogP contribution in [0, 0.1) is 5.41 Å². The van der Waals surface area contributed by atoms with Crippen LogP contribution in [0.5, 0.6) is 0 Å². The van der Waals surface area contributed by atoms with E-state index in [-0.39, 0.29) is 24.0 Å². The van der Waals surface area contributed by atoms with E-state index >= 15 is 0 Å². The average Bonchev–Trinajstić information content (AvgIpc) is 2.99. The van der Waals surface area contributed by atoms with Gasteiger partial charge in [-0.1, -0.05) is 27.2 Å². The van der Waals surface area contributed by atoms with Crippen LogP contribution in [0.1, 0.15) is 59.8 Å². The fraction of sp³-hybridized carbons (Fsp3) is 0.929. The van der Waals surface area contributed by atoms with Gasteiger partial charge in [0.05, 0.1) is 0 Å². The molecule has 0 amide bonds. The van der Waals surface area contributed by atoms with Crippen molar-refractivity contribution in [2.45, 2.75) is 65.8 Å². The van der Waals surface area contributed by atoms with Crippen molar-refractivity contribution in [2.75, 3.05) is 13.1 Å². The van der Waals surface area contributed by atoms with Crippen LogP contribution in [-0.2, 0) is 0 Å². The quantitative estimate of drug-likeness (QED) is 0.326. The summed E-state index contributed by atoms with van der Waals surface area (Å²) in [5, 5.41) is 6.74. The molecule has 1 rings (SSSR count). The molecule has 1 aliphatic rings. The molecule has 1 saturated carbocycles. The van der Waals surface area contributed by atoms with Gasteiger partial charge in [-0.15, -0.1) is 24.0 Å². The third-order valence-electron chi connectivity index (χ3n) is 2.87. The predicted octanol–water partition coefficient (Wildman–Crippen LogP) is 3.54. The average molecular weight is 367 g/mol. The number of hydrogen-bond donors (Lipinski definition) is 2. The molecule has 1 aliphatic carbocycles. The number of guanidine groups is 1. The summed E-state index contributed by atoms with van der Waals surface area (Å²) < 4.78 is 0. The molecular weight excluding hydrogens is 337 g/mol. The van der Waals surface area contributed by atoms with Gasteiger partial charge in [0.15, 0.2) is 5.96 Å². The van der Waals surface area contributed by atoms with Gasteiger partial charge in [-0.25, -0.2) is 0 Å². The number of nitrogens with zero attached hydrogens (tertiary/aromatic N) is 1. The molecule has 18 heavy (non-hydrogen) atoms. The second kappa shape index (κ2) is 8.99. The van der Waals surface area contributed by atoms with Crippen molar-refractivity contribution in [3.05, 3.63) is 0 Å². The minimum absolute atomic E-state index is 0. The third kappa shape index (κ3) is 9.97. The monoisotopic (exact) mass is 367 g/mol. The van der Waals surface area contributed by atoms with E-state index in [1.165, 1.54) is 32.1 Å². The molecular formula is C14H30IN3. The number of nitrogens with one attached hydrogen (secondary N) is 2. The maximum Gasteiger partial charge on any atom is 0.191 e. The lowest BCUT2D eigenvalue weighted by atomic mass is 9.90. The summed E-state index contributed by atoms with van der Waals surface area (Å²) in [5.41, 5.74) is 0.459. The maximum absolute atomic E-state index is 4.61. The fourth-order valence-corrected chi connectivity index (χ4v) is 1.70. The highest BCUT2D eigenvalue weighted by Gasteiger charge is 2.21. The third-order valence-corrected chi connectivity index (χ3v) is 2.87. The Balaban J connectivity index is 0.00000289. The summed E-state index contributed by atoms with van der Waals surface area (Å²) in [5.74, 6) is 1.01. The minimum atomic E-state index is 0. The molecule has 0 aromatic rings. The van der Waals surface area contributed by atoms with Crippen LogP contribution in [-0.4, -0.2) is 25.1 Å². The molecule has 0 bridgehead atoms. The standard InChI is InChI=1S/C14H29N3.HI/c1-5-15-13(17-12-8-9-12)16-11-7-6-10-14(2,3)4;/h12H,5-11H2,1-4H3,(H2,15,16,17);1H. The van der Waals surface area contributed by atoms with E-state index < -0.39 is 0 Å². The zero-order valence-electron chi connectivity index (χ0n) is 12.4. The van der Waals surface area contributed by atoms with Gasteiger partial charge in [-0.3, -0.25) is 4.99 Å². The van der Waals surface area contributed by atoms with Gasteiger partial charge >= 0.3 is 0 Å². The van der Waals surface area contributed by atoms with Crippen LogP contribution in [0.4, 0.5) is 0 Å². The zero-order valence-corrected chi connectivity index (χ0v) is 14.7. The van der Waals surface area contributed by atoms with Gasteiger partial charge in [0, 0.05) is 19.1 Å². The van der Waals surface area contributed by atoms with Crippen LogP contribution >= 0.6 is 24.0 Å². The van der Waals surface area contributed by atoms with E-state index in [9.17, 15) is 0 Å². The molecule has 0 aromatic heterocycles. The molecule has 0 aliphatic heterocycles. The van der Waals surface area contributed by atoms with Crippen molar-refractivity contribution in [2.24, 2.45) is 10.4 Å². The minimum Gasteiger partial charge on any atom is -0.357 e.